The average molecular weight is 363 g/mol. The zero-order valence-electron chi connectivity index (χ0n) is 11.9. The molecule has 3 rings (SSSR count). The van der Waals surface area contributed by atoms with E-state index < -0.39 is 45.5 Å². The van der Waals surface area contributed by atoms with Crippen molar-refractivity contribution >= 4 is 10.0 Å². The molecule has 0 saturated carbocycles. The van der Waals surface area contributed by atoms with E-state index in [0.29, 0.717) is 16.4 Å². The van der Waals surface area contributed by atoms with Crippen molar-refractivity contribution in [1.29, 1.82) is 0 Å². The van der Waals surface area contributed by atoms with Gasteiger partial charge in [-0.15, -0.1) is 0 Å². The van der Waals surface area contributed by atoms with E-state index in [0.717, 1.165) is 12.1 Å². The van der Waals surface area contributed by atoms with E-state index >= 15 is 0 Å². The molecule has 2 aromatic rings. The standard InChI is InChI=1S/C13H12F3N3O4S/c14-13(15,16)7-1-3-8(4-2-7)24(22,23)19-10(6-20)11-9(12(19)21)5-17-18-11/h1-5,10,12,20-21H,6H2,(H,17,18)/t10?,12-/m1/s1. The van der Waals surface area contributed by atoms with E-state index in [2.05, 4.69) is 10.2 Å². The average Bonchev–Trinajstić information content (AvgIpc) is 3.09. The summed E-state index contributed by atoms with van der Waals surface area (Å²) in [5.41, 5.74) is -0.568. The maximum atomic E-state index is 12.7. The van der Waals surface area contributed by atoms with Crippen molar-refractivity contribution in [2.75, 3.05) is 6.61 Å². The largest absolute Gasteiger partial charge is 0.416 e. The third-order valence-corrected chi connectivity index (χ3v) is 5.67. The molecule has 11 heteroatoms. The fourth-order valence-electron chi connectivity index (χ4n) is 2.62. The van der Waals surface area contributed by atoms with Gasteiger partial charge in [-0.2, -0.15) is 22.6 Å². The molecule has 0 amide bonds. The van der Waals surface area contributed by atoms with Crippen molar-refractivity contribution in [2.45, 2.75) is 23.3 Å². The highest BCUT2D eigenvalue weighted by Gasteiger charge is 2.46. The van der Waals surface area contributed by atoms with Crippen LogP contribution in [0.1, 0.15) is 29.1 Å². The Hall–Kier alpha value is -1.95. The van der Waals surface area contributed by atoms with Gasteiger partial charge in [0.1, 0.15) is 0 Å². The lowest BCUT2D eigenvalue weighted by Crippen LogP contribution is -2.35. The molecule has 130 valence electrons. The number of rotatable bonds is 3. The first-order chi connectivity index (χ1) is 11.2. The van der Waals surface area contributed by atoms with Gasteiger partial charge in [0, 0.05) is 5.56 Å². The Balaban J connectivity index is 2.00. The lowest BCUT2D eigenvalue weighted by Gasteiger charge is -2.26. The van der Waals surface area contributed by atoms with E-state index in [1.807, 2.05) is 0 Å². The Kier molecular flexibility index (Phi) is 3.91. The van der Waals surface area contributed by atoms with Gasteiger partial charge in [-0.05, 0) is 24.3 Å². The summed E-state index contributed by atoms with van der Waals surface area (Å²) in [6.07, 6.45) is -4.96. The molecular formula is C13H12F3N3O4S. The molecule has 0 bridgehead atoms. The molecule has 3 N–H and O–H groups in total. The maximum absolute atomic E-state index is 12.7. The van der Waals surface area contributed by atoms with Crippen LogP contribution in [0, 0.1) is 0 Å². The highest BCUT2D eigenvalue weighted by Crippen LogP contribution is 2.43. The number of halogens is 3. The first kappa shape index (κ1) is 16.9. The van der Waals surface area contributed by atoms with Crippen LogP contribution in [0.15, 0.2) is 35.4 Å². The molecule has 0 fully saturated rings. The zero-order valence-corrected chi connectivity index (χ0v) is 12.7. The van der Waals surface area contributed by atoms with Crippen LogP contribution in [0.5, 0.6) is 0 Å². The van der Waals surface area contributed by atoms with E-state index in [9.17, 15) is 31.8 Å². The zero-order chi connectivity index (χ0) is 17.7. The molecule has 1 unspecified atom stereocenters. The summed E-state index contributed by atoms with van der Waals surface area (Å²) < 4.78 is 63.8. The molecule has 2 atom stereocenters. The molecule has 1 aliphatic rings. The molecule has 1 aliphatic heterocycles. The summed E-state index contributed by atoms with van der Waals surface area (Å²) in [6.45, 7) is -0.633. The minimum atomic E-state index is -4.59. The fraction of sp³-hybridized carbons (Fsp3) is 0.308. The number of aromatic amines is 1. The molecule has 0 spiro atoms. The lowest BCUT2D eigenvalue weighted by atomic mass is 10.2. The molecule has 0 saturated heterocycles. The molecule has 24 heavy (non-hydrogen) atoms. The minimum absolute atomic E-state index is 0.185. The van der Waals surface area contributed by atoms with Crippen LogP contribution in [0.25, 0.3) is 0 Å². The summed E-state index contributed by atoms with van der Waals surface area (Å²) in [5.74, 6) is 0. The van der Waals surface area contributed by atoms with Gasteiger partial charge < -0.3 is 10.2 Å². The Morgan fingerprint density at radius 3 is 2.42 bits per heavy atom. The van der Waals surface area contributed by atoms with E-state index in [1.54, 1.807) is 0 Å². The first-order valence-electron chi connectivity index (χ1n) is 6.71. The monoisotopic (exact) mass is 363 g/mol. The van der Waals surface area contributed by atoms with Crippen LogP contribution in [-0.4, -0.2) is 39.7 Å². The Bertz CT molecular complexity index is 848. The third kappa shape index (κ3) is 2.49. The molecule has 1 aromatic heterocycles. The van der Waals surface area contributed by atoms with Gasteiger partial charge in [0.25, 0.3) is 0 Å². The van der Waals surface area contributed by atoms with Gasteiger partial charge in [-0.25, -0.2) is 8.42 Å². The van der Waals surface area contributed by atoms with E-state index in [1.165, 1.54) is 6.20 Å². The fourth-order valence-corrected chi connectivity index (χ4v) is 4.23. The van der Waals surface area contributed by atoms with Crippen LogP contribution in [0.2, 0.25) is 0 Å². The van der Waals surface area contributed by atoms with Crippen LogP contribution < -0.4 is 0 Å². The van der Waals surface area contributed by atoms with Crippen molar-refractivity contribution < 1.29 is 31.8 Å². The summed E-state index contributed by atoms with van der Waals surface area (Å²) in [7, 11) is -4.34. The van der Waals surface area contributed by atoms with Crippen molar-refractivity contribution in [2.24, 2.45) is 0 Å². The molecule has 7 nitrogen and oxygen atoms in total. The minimum Gasteiger partial charge on any atom is -0.394 e. The van der Waals surface area contributed by atoms with Crippen molar-refractivity contribution in [3.05, 3.63) is 47.3 Å². The number of aliphatic hydroxyl groups is 2. The third-order valence-electron chi connectivity index (χ3n) is 3.79. The predicted octanol–water partition coefficient (Wildman–Crippen LogP) is 1.16. The number of alkyl halides is 3. The molecule has 2 heterocycles. The second kappa shape index (κ2) is 5.55. The number of benzene rings is 1. The summed E-state index contributed by atoms with van der Waals surface area (Å²) in [6, 6.07) is 1.80. The summed E-state index contributed by atoms with van der Waals surface area (Å²) >= 11 is 0. The highest BCUT2D eigenvalue weighted by atomic mass is 32.2. The quantitative estimate of drug-likeness (QED) is 0.759. The van der Waals surface area contributed by atoms with Crippen molar-refractivity contribution in [1.82, 2.24) is 14.5 Å². The van der Waals surface area contributed by atoms with Gasteiger partial charge in [-0.1, -0.05) is 0 Å². The number of hydrogen-bond acceptors (Lipinski definition) is 5. The van der Waals surface area contributed by atoms with Gasteiger partial charge in [-0.3, -0.25) is 5.10 Å². The highest BCUT2D eigenvalue weighted by molar-refractivity contribution is 7.89. The molecule has 1 aromatic carbocycles. The summed E-state index contributed by atoms with van der Waals surface area (Å²) in [5, 5.41) is 25.9. The number of nitrogens with one attached hydrogen (secondary N) is 1. The normalized spacial score (nSPS) is 21.9. The molecular weight excluding hydrogens is 351 g/mol. The summed E-state index contributed by atoms with van der Waals surface area (Å²) in [4.78, 5) is -0.425. The number of aromatic nitrogens is 2. The van der Waals surface area contributed by atoms with Gasteiger partial charge in [0.05, 0.1) is 35.0 Å². The molecule has 0 aliphatic carbocycles. The smallest absolute Gasteiger partial charge is 0.394 e. The number of sulfonamides is 1. The SMILES string of the molecule is O=S(=O)(c1ccc(C(F)(F)F)cc1)N1C(CO)c2[nH]ncc2[C@H]1O. The number of H-pyrrole nitrogens is 1. The van der Waals surface area contributed by atoms with Crippen molar-refractivity contribution in [3.8, 4) is 0 Å². The van der Waals surface area contributed by atoms with Crippen LogP contribution in [-0.2, 0) is 16.2 Å². The second-order valence-corrected chi connectivity index (χ2v) is 7.01. The van der Waals surface area contributed by atoms with Crippen LogP contribution >= 0.6 is 0 Å². The maximum Gasteiger partial charge on any atom is 0.416 e. The predicted molar refractivity (Wildman–Crippen MR) is 73.8 cm³/mol. The Labute approximate surface area is 134 Å². The topological polar surface area (TPSA) is 107 Å². The van der Waals surface area contributed by atoms with Crippen LogP contribution in [0.3, 0.4) is 0 Å². The lowest BCUT2D eigenvalue weighted by molar-refractivity contribution is -0.137. The van der Waals surface area contributed by atoms with Crippen LogP contribution in [0.4, 0.5) is 13.2 Å². The second-order valence-electron chi connectivity index (χ2n) is 5.17. The van der Waals surface area contributed by atoms with E-state index in [4.69, 9.17) is 0 Å². The van der Waals surface area contributed by atoms with Crippen molar-refractivity contribution in [3.63, 3.8) is 0 Å². The number of fused-ring (bicyclic) bond motifs is 1. The van der Waals surface area contributed by atoms with Gasteiger partial charge in [0.2, 0.25) is 10.0 Å². The first-order valence-corrected chi connectivity index (χ1v) is 8.15. The molecule has 0 radical (unpaired) electrons. The van der Waals surface area contributed by atoms with Gasteiger partial charge in [0.15, 0.2) is 6.23 Å². The Morgan fingerprint density at radius 2 is 1.88 bits per heavy atom. The number of hydrogen-bond donors (Lipinski definition) is 3. The number of nitrogens with zero attached hydrogens (tertiary/aromatic N) is 2. The van der Waals surface area contributed by atoms with Gasteiger partial charge >= 0.3 is 6.18 Å². The Morgan fingerprint density at radius 1 is 1.25 bits per heavy atom. The van der Waals surface area contributed by atoms with E-state index in [-0.39, 0.29) is 11.3 Å². The number of aliphatic hydroxyl groups excluding tert-OH is 2.